The molecule has 0 spiro atoms. The molecule has 1 aliphatic heterocycles. The van der Waals surface area contributed by atoms with Gasteiger partial charge < -0.3 is 19.7 Å². The molecule has 176 valence electrons. The lowest BCUT2D eigenvalue weighted by Gasteiger charge is -2.30. The highest BCUT2D eigenvalue weighted by Crippen LogP contribution is 2.37. The molecule has 0 aromatic rings. The van der Waals surface area contributed by atoms with Crippen molar-refractivity contribution < 1.29 is 43.7 Å². The fourth-order valence-electron chi connectivity index (χ4n) is 2.77. The minimum Gasteiger partial charge on any atom is -0.481 e. The van der Waals surface area contributed by atoms with Crippen molar-refractivity contribution in [3.63, 3.8) is 0 Å². The molecule has 1 rings (SSSR count). The van der Waals surface area contributed by atoms with Crippen molar-refractivity contribution in [2.45, 2.75) is 77.9 Å². The monoisotopic (exact) mass is 426 g/mol. The van der Waals surface area contributed by atoms with Crippen molar-refractivity contribution in [1.29, 1.82) is 0 Å². The molecule has 0 aromatic carbocycles. The molecule has 29 heavy (non-hydrogen) atoms. The summed E-state index contributed by atoms with van der Waals surface area (Å²) in [5.41, 5.74) is 0. The fraction of sp³-hybridized carbons (Fsp3) is 0.750. The van der Waals surface area contributed by atoms with E-state index in [-0.39, 0.29) is 51.0 Å². The first-order valence-electron chi connectivity index (χ1n) is 7.00. The van der Waals surface area contributed by atoms with Crippen LogP contribution in [-0.2, 0) is 33.4 Å². The zero-order valence-corrected chi connectivity index (χ0v) is 12.8. The quantitative estimate of drug-likeness (QED) is 0.457. The van der Waals surface area contributed by atoms with E-state index < -0.39 is 59.6 Å². The maximum absolute atomic E-state index is 11.8. The number of ether oxygens (including phenoxy) is 2. The molecule has 9 heteroatoms. The maximum Gasteiger partial charge on any atom is 0.318 e. The molecule has 0 bridgehead atoms. The summed E-state index contributed by atoms with van der Waals surface area (Å²) in [4.78, 5) is 57.6. The Balaban J connectivity index is -0.000000220. The number of aliphatic carboxylic acids is 2. The summed E-state index contributed by atoms with van der Waals surface area (Å²) in [5, 5.41) is 18.8. The Morgan fingerprint density at radius 3 is 1.66 bits per heavy atom. The average molecular weight is 427 g/mol. The number of cyclic esters (lactones) is 2. The van der Waals surface area contributed by atoms with Crippen molar-refractivity contribution >= 4 is 29.8 Å². The Bertz CT molecular complexity index is 542. The first-order valence-corrected chi connectivity index (χ1v) is 7.00. The van der Waals surface area contributed by atoms with Crippen LogP contribution >= 0.6 is 0 Å². The van der Waals surface area contributed by atoms with Gasteiger partial charge in [-0.1, -0.05) is 58.4 Å². The van der Waals surface area contributed by atoms with Crippen molar-refractivity contribution in [1.82, 2.24) is 0 Å². The topological polar surface area (TPSA) is 144 Å². The summed E-state index contributed by atoms with van der Waals surface area (Å²) in [6.45, 7) is 3.87. The third-order valence-corrected chi connectivity index (χ3v) is 3.85. The first-order chi connectivity index (χ1) is 10.6. The number of carboxylic acid groups (broad SMARTS) is 2. The second-order valence-corrected chi connectivity index (χ2v) is 5.34. The lowest BCUT2D eigenvalue weighted by atomic mass is 9.74. The number of carbonyl (C=O) groups is 5. The highest BCUT2D eigenvalue weighted by atomic mass is 16.6. The van der Waals surface area contributed by atoms with Gasteiger partial charge in [0.15, 0.2) is 0 Å². The molecule has 1 aliphatic rings. The van der Waals surface area contributed by atoms with Crippen LogP contribution in [0.4, 0.5) is 0 Å². The Morgan fingerprint density at radius 1 is 0.966 bits per heavy atom. The Hall–Kier alpha value is -2.45. The number of hydrogen-bond donors (Lipinski definition) is 2. The van der Waals surface area contributed by atoms with Crippen LogP contribution in [0, 0.1) is 23.7 Å². The van der Waals surface area contributed by atoms with Crippen molar-refractivity contribution in [3.05, 3.63) is 0 Å². The van der Waals surface area contributed by atoms with E-state index in [9.17, 15) is 34.2 Å². The largest absolute Gasteiger partial charge is 0.481 e. The van der Waals surface area contributed by atoms with Crippen molar-refractivity contribution in [2.75, 3.05) is 0 Å². The lowest BCUT2D eigenvalue weighted by Crippen LogP contribution is -2.46. The van der Waals surface area contributed by atoms with E-state index in [1.165, 1.54) is 13.8 Å². The Labute approximate surface area is 175 Å². The second-order valence-electron chi connectivity index (χ2n) is 5.34. The van der Waals surface area contributed by atoms with E-state index in [0.717, 1.165) is 6.92 Å². The summed E-state index contributed by atoms with van der Waals surface area (Å²) in [5.74, 6) is -11.9. The third kappa shape index (κ3) is 9.06. The predicted octanol–water partition coefficient (Wildman–Crippen LogP) is 3.88. The fourth-order valence-corrected chi connectivity index (χ4v) is 2.77. The van der Waals surface area contributed by atoms with Crippen LogP contribution < -0.4 is 0 Å². The van der Waals surface area contributed by atoms with Gasteiger partial charge in [0.25, 0.3) is 0 Å². The molecule has 0 radical (unpaired) electrons. The van der Waals surface area contributed by atoms with Gasteiger partial charge >= 0.3 is 29.8 Å². The normalized spacial score (nSPS) is 19.4. The summed E-state index contributed by atoms with van der Waals surface area (Å²) in [7, 11) is 0. The first kappa shape index (κ1) is 41.0. The van der Waals surface area contributed by atoms with Crippen LogP contribution in [0.1, 0.15) is 71.8 Å². The van der Waals surface area contributed by atoms with Crippen LogP contribution in [0.25, 0.3) is 0 Å². The van der Waals surface area contributed by atoms with E-state index in [1.54, 1.807) is 0 Å². The third-order valence-electron chi connectivity index (χ3n) is 3.85. The molecule has 5 atom stereocenters. The van der Waals surface area contributed by atoms with Gasteiger partial charge in [-0.2, -0.15) is 0 Å². The molecular weight excluding hydrogens is 384 g/mol. The van der Waals surface area contributed by atoms with Crippen LogP contribution in [0.3, 0.4) is 0 Å². The minimum atomic E-state index is -1.76. The molecule has 1 heterocycles. The second kappa shape index (κ2) is 16.5. The van der Waals surface area contributed by atoms with Gasteiger partial charge in [-0.25, -0.2) is 0 Å². The lowest BCUT2D eigenvalue weighted by molar-refractivity contribution is -0.171. The molecule has 1 saturated heterocycles. The molecule has 0 amide bonds. The van der Waals surface area contributed by atoms with Gasteiger partial charge in [-0.15, -0.1) is 0 Å². The molecule has 2 N–H and O–H groups in total. The van der Waals surface area contributed by atoms with Gasteiger partial charge in [-0.05, 0) is 6.42 Å². The van der Waals surface area contributed by atoms with Crippen LogP contribution in [0.5, 0.6) is 0 Å². The molecule has 9 nitrogen and oxygen atoms in total. The average Bonchev–Trinajstić information content (AvgIpc) is 2.67. The molecule has 0 aliphatic carbocycles. The van der Waals surface area contributed by atoms with E-state index in [2.05, 4.69) is 4.74 Å². The Kier molecular flexibility index (Phi) is 23.4. The number of carboxylic acids is 2. The molecule has 0 aromatic heterocycles. The number of esters is 3. The molecule has 1 fully saturated rings. The molecule has 5 unspecified atom stereocenters. The van der Waals surface area contributed by atoms with E-state index >= 15 is 0 Å². The van der Waals surface area contributed by atoms with Crippen LogP contribution in [-0.4, -0.2) is 46.2 Å². The standard InChI is InChI=1S/C14H18O9.6CH4/c1-4-7(22-6(3)15)9(11(16)17)10(12(18)19)8-5(2)13(20)23-14(8)21;;;;;;/h5,7-10H,4H2,1-3H3,(H,16,17)(H,18,19);6*1H4. The zero-order valence-electron chi connectivity index (χ0n) is 12.8. The smallest absolute Gasteiger partial charge is 0.318 e. The van der Waals surface area contributed by atoms with E-state index in [1.807, 2.05) is 0 Å². The minimum absolute atomic E-state index is 0. The molecular formula is C20H42O9. The SMILES string of the molecule is C.C.C.C.C.C.CCC(OC(C)=O)C(C(=O)O)C(C(=O)O)C1C(=O)OC(=O)C1C. The predicted molar refractivity (Wildman–Crippen MR) is 112 cm³/mol. The number of carbonyl (C=O) groups excluding carboxylic acids is 3. The highest BCUT2D eigenvalue weighted by Gasteiger charge is 2.55. The summed E-state index contributed by atoms with van der Waals surface area (Å²) in [6.07, 6.45) is -1.22. The van der Waals surface area contributed by atoms with Gasteiger partial charge in [0.2, 0.25) is 0 Å². The van der Waals surface area contributed by atoms with Crippen LogP contribution in [0.15, 0.2) is 0 Å². The molecule has 0 saturated carbocycles. The highest BCUT2D eigenvalue weighted by molar-refractivity contribution is 5.99. The summed E-state index contributed by atoms with van der Waals surface area (Å²) in [6, 6.07) is 0. The van der Waals surface area contributed by atoms with Gasteiger partial charge in [-0.3, -0.25) is 24.0 Å². The Morgan fingerprint density at radius 2 is 1.41 bits per heavy atom. The van der Waals surface area contributed by atoms with Crippen molar-refractivity contribution in [3.8, 4) is 0 Å². The van der Waals surface area contributed by atoms with Crippen molar-refractivity contribution in [2.24, 2.45) is 23.7 Å². The van der Waals surface area contributed by atoms with Gasteiger partial charge in [0.1, 0.15) is 12.0 Å². The van der Waals surface area contributed by atoms with Crippen LogP contribution in [0.2, 0.25) is 0 Å². The zero-order chi connectivity index (χ0) is 17.9. The number of rotatable bonds is 7. The van der Waals surface area contributed by atoms with E-state index in [0.29, 0.717) is 0 Å². The number of hydrogen-bond acceptors (Lipinski definition) is 7. The maximum atomic E-state index is 11.8. The summed E-state index contributed by atoms with van der Waals surface area (Å²) >= 11 is 0. The summed E-state index contributed by atoms with van der Waals surface area (Å²) < 4.78 is 9.29. The van der Waals surface area contributed by atoms with Gasteiger partial charge in [0.05, 0.1) is 17.8 Å². The van der Waals surface area contributed by atoms with Gasteiger partial charge in [0, 0.05) is 6.92 Å². The van der Waals surface area contributed by atoms with E-state index in [4.69, 9.17) is 4.74 Å².